The van der Waals surface area contributed by atoms with Gasteiger partial charge in [0.2, 0.25) is 0 Å². The minimum atomic E-state index is 0.0943. The van der Waals surface area contributed by atoms with Gasteiger partial charge in [-0.1, -0.05) is 6.92 Å². The number of rotatable bonds is 5. The molecule has 1 aliphatic heterocycles. The number of carbonyl (C=O) groups is 1. The van der Waals surface area contributed by atoms with Crippen molar-refractivity contribution in [2.75, 3.05) is 32.7 Å². The largest absolute Gasteiger partial charge is 0.337 e. The quantitative estimate of drug-likeness (QED) is 0.889. The SMILES string of the molecule is CCC(CCN)N1CCCN(C(=O)c2cccnc2)CC1. The first-order valence-corrected chi connectivity index (χ1v) is 7.89. The molecule has 0 saturated carbocycles. The Kier molecular flexibility index (Phi) is 6.14. The van der Waals surface area contributed by atoms with Crippen LogP contribution >= 0.6 is 0 Å². The fraction of sp³-hybridized carbons (Fsp3) is 0.625. The van der Waals surface area contributed by atoms with Crippen LogP contribution < -0.4 is 5.73 Å². The number of carbonyl (C=O) groups excluding carboxylic acids is 1. The minimum Gasteiger partial charge on any atom is -0.337 e. The maximum Gasteiger partial charge on any atom is 0.255 e. The Morgan fingerprint density at radius 2 is 2.24 bits per heavy atom. The monoisotopic (exact) mass is 290 g/mol. The molecule has 1 aliphatic rings. The van der Waals surface area contributed by atoms with Crippen molar-refractivity contribution in [1.82, 2.24) is 14.8 Å². The van der Waals surface area contributed by atoms with Crippen molar-refractivity contribution in [1.29, 1.82) is 0 Å². The predicted molar refractivity (Wildman–Crippen MR) is 84.1 cm³/mol. The lowest BCUT2D eigenvalue weighted by atomic mass is 10.1. The Balaban J connectivity index is 1.96. The third-order valence-corrected chi connectivity index (χ3v) is 4.21. The van der Waals surface area contributed by atoms with E-state index < -0.39 is 0 Å². The van der Waals surface area contributed by atoms with Gasteiger partial charge in [-0.25, -0.2) is 0 Å². The molecule has 5 nitrogen and oxygen atoms in total. The minimum absolute atomic E-state index is 0.0943. The average Bonchev–Trinajstić information content (AvgIpc) is 2.78. The summed E-state index contributed by atoms with van der Waals surface area (Å²) in [5.74, 6) is 0.0943. The zero-order chi connectivity index (χ0) is 15.1. The molecule has 116 valence electrons. The predicted octanol–water partition coefficient (Wildman–Crippen LogP) is 1.36. The molecule has 0 aliphatic carbocycles. The third-order valence-electron chi connectivity index (χ3n) is 4.21. The fourth-order valence-electron chi connectivity index (χ4n) is 3.01. The molecule has 2 heterocycles. The molecule has 1 saturated heterocycles. The van der Waals surface area contributed by atoms with Crippen LogP contribution in [0.4, 0.5) is 0 Å². The van der Waals surface area contributed by atoms with Crippen molar-refractivity contribution in [3.63, 3.8) is 0 Å². The van der Waals surface area contributed by atoms with Crippen LogP contribution in [0.2, 0.25) is 0 Å². The van der Waals surface area contributed by atoms with Crippen LogP contribution in [0.3, 0.4) is 0 Å². The first-order chi connectivity index (χ1) is 10.3. The molecule has 21 heavy (non-hydrogen) atoms. The second kappa shape index (κ2) is 8.10. The maximum absolute atomic E-state index is 12.5. The van der Waals surface area contributed by atoms with Crippen LogP contribution in [-0.4, -0.2) is 59.5 Å². The second-order valence-electron chi connectivity index (χ2n) is 5.56. The topological polar surface area (TPSA) is 62.5 Å². The Labute approximate surface area is 127 Å². The maximum atomic E-state index is 12.5. The molecule has 1 fully saturated rings. The number of hydrogen-bond acceptors (Lipinski definition) is 4. The number of amides is 1. The fourth-order valence-corrected chi connectivity index (χ4v) is 3.01. The number of aromatic nitrogens is 1. The summed E-state index contributed by atoms with van der Waals surface area (Å²) in [6.45, 7) is 6.54. The van der Waals surface area contributed by atoms with Gasteiger partial charge in [0.05, 0.1) is 5.56 Å². The Hall–Kier alpha value is -1.46. The summed E-state index contributed by atoms with van der Waals surface area (Å²) in [5, 5.41) is 0. The van der Waals surface area contributed by atoms with Crippen LogP contribution in [0.5, 0.6) is 0 Å². The highest BCUT2D eigenvalue weighted by Crippen LogP contribution is 2.14. The molecule has 2 rings (SSSR count). The van der Waals surface area contributed by atoms with Crippen LogP contribution in [0, 0.1) is 0 Å². The zero-order valence-electron chi connectivity index (χ0n) is 12.9. The van der Waals surface area contributed by atoms with Crippen molar-refractivity contribution < 1.29 is 4.79 Å². The molecule has 1 atom stereocenters. The van der Waals surface area contributed by atoms with E-state index in [1.54, 1.807) is 12.4 Å². The molecule has 0 aromatic carbocycles. The molecule has 1 aromatic rings. The molecule has 1 aromatic heterocycles. The molecular formula is C16H26N4O. The normalized spacial score (nSPS) is 18.3. The number of hydrogen-bond donors (Lipinski definition) is 1. The van der Waals surface area contributed by atoms with Crippen LogP contribution in [0.1, 0.15) is 36.5 Å². The molecule has 0 radical (unpaired) electrons. The van der Waals surface area contributed by atoms with E-state index in [1.165, 1.54) is 0 Å². The van der Waals surface area contributed by atoms with Gasteiger partial charge in [0.25, 0.3) is 5.91 Å². The van der Waals surface area contributed by atoms with Gasteiger partial charge in [0, 0.05) is 44.6 Å². The third kappa shape index (κ3) is 4.25. The Morgan fingerprint density at radius 3 is 2.90 bits per heavy atom. The van der Waals surface area contributed by atoms with Crippen molar-refractivity contribution in [3.05, 3.63) is 30.1 Å². The van der Waals surface area contributed by atoms with Gasteiger partial charge in [-0.3, -0.25) is 14.7 Å². The summed E-state index contributed by atoms with van der Waals surface area (Å²) >= 11 is 0. The summed E-state index contributed by atoms with van der Waals surface area (Å²) in [7, 11) is 0. The number of pyridine rings is 1. The first kappa shape index (κ1) is 15.9. The molecule has 0 spiro atoms. The molecule has 1 unspecified atom stereocenters. The first-order valence-electron chi connectivity index (χ1n) is 7.89. The van der Waals surface area contributed by atoms with E-state index in [4.69, 9.17) is 5.73 Å². The summed E-state index contributed by atoms with van der Waals surface area (Å²) in [5.41, 5.74) is 6.38. The van der Waals surface area contributed by atoms with Gasteiger partial charge in [-0.2, -0.15) is 0 Å². The Bertz CT molecular complexity index is 437. The molecule has 1 amide bonds. The highest BCUT2D eigenvalue weighted by atomic mass is 16.2. The van der Waals surface area contributed by atoms with E-state index in [9.17, 15) is 4.79 Å². The van der Waals surface area contributed by atoms with Crippen molar-refractivity contribution in [2.24, 2.45) is 5.73 Å². The van der Waals surface area contributed by atoms with E-state index in [-0.39, 0.29) is 5.91 Å². The zero-order valence-corrected chi connectivity index (χ0v) is 12.9. The standard InChI is InChI=1S/C16H26N4O/c1-2-15(6-7-17)19-9-4-10-20(12-11-19)16(21)14-5-3-8-18-13-14/h3,5,8,13,15H,2,4,6-7,9-12,17H2,1H3. The van der Waals surface area contributed by atoms with E-state index >= 15 is 0 Å². The summed E-state index contributed by atoms with van der Waals surface area (Å²) in [4.78, 5) is 20.9. The van der Waals surface area contributed by atoms with E-state index in [1.807, 2.05) is 17.0 Å². The van der Waals surface area contributed by atoms with Gasteiger partial charge in [0.1, 0.15) is 0 Å². The van der Waals surface area contributed by atoms with Gasteiger partial charge in [-0.15, -0.1) is 0 Å². The summed E-state index contributed by atoms with van der Waals surface area (Å²) in [6, 6.07) is 4.19. The lowest BCUT2D eigenvalue weighted by Gasteiger charge is -2.29. The summed E-state index contributed by atoms with van der Waals surface area (Å²) in [6.07, 6.45) is 6.52. The van der Waals surface area contributed by atoms with Crippen molar-refractivity contribution in [3.8, 4) is 0 Å². The van der Waals surface area contributed by atoms with Crippen LogP contribution in [-0.2, 0) is 0 Å². The lowest BCUT2D eigenvalue weighted by Crippen LogP contribution is -2.40. The Morgan fingerprint density at radius 1 is 1.38 bits per heavy atom. The van der Waals surface area contributed by atoms with E-state index in [0.29, 0.717) is 11.6 Å². The molecule has 5 heteroatoms. The van der Waals surface area contributed by atoms with Crippen molar-refractivity contribution in [2.45, 2.75) is 32.2 Å². The highest BCUT2D eigenvalue weighted by molar-refractivity contribution is 5.93. The van der Waals surface area contributed by atoms with Gasteiger partial charge >= 0.3 is 0 Å². The second-order valence-corrected chi connectivity index (χ2v) is 5.56. The molecular weight excluding hydrogens is 264 g/mol. The van der Waals surface area contributed by atoms with Gasteiger partial charge in [0.15, 0.2) is 0 Å². The van der Waals surface area contributed by atoms with Crippen LogP contribution in [0.15, 0.2) is 24.5 Å². The summed E-state index contributed by atoms with van der Waals surface area (Å²) < 4.78 is 0. The number of nitrogens with two attached hydrogens (primary N) is 1. The average molecular weight is 290 g/mol. The smallest absolute Gasteiger partial charge is 0.255 e. The van der Waals surface area contributed by atoms with Crippen molar-refractivity contribution >= 4 is 5.91 Å². The number of nitrogens with zero attached hydrogens (tertiary/aromatic N) is 3. The van der Waals surface area contributed by atoms with E-state index in [2.05, 4.69) is 16.8 Å². The van der Waals surface area contributed by atoms with Crippen LogP contribution in [0.25, 0.3) is 0 Å². The highest BCUT2D eigenvalue weighted by Gasteiger charge is 2.23. The van der Waals surface area contributed by atoms with Gasteiger partial charge in [-0.05, 0) is 37.9 Å². The van der Waals surface area contributed by atoms with E-state index in [0.717, 1.165) is 52.0 Å². The molecule has 2 N–H and O–H groups in total. The van der Waals surface area contributed by atoms with Gasteiger partial charge < -0.3 is 10.6 Å². The molecule has 0 bridgehead atoms. The lowest BCUT2D eigenvalue weighted by molar-refractivity contribution is 0.0757.